The van der Waals surface area contributed by atoms with Gasteiger partial charge in [0.1, 0.15) is 18.1 Å². The van der Waals surface area contributed by atoms with Crippen LogP contribution in [0.4, 0.5) is 0 Å². The van der Waals surface area contributed by atoms with Gasteiger partial charge in [-0.15, -0.1) is 0 Å². The molecule has 0 aliphatic carbocycles. The van der Waals surface area contributed by atoms with Crippen LogP contribution in [0.15, 0.2) is 0 Å². The fourth-order valence-corrected chi connectivity index (χ4v) is 2.05. The summed E-state index contributed by atoms with van der Waals surface area (Å²) in [4.78, 5) is 35.7. The van der Waals surface area contributed by atoms with Crippen molar-refractivity contribution in [2.45, 2.75) is 57.8 Å². The molecule has 0 heterocycles. The fraction of sp³-hybridized carbons (Fsp3) is 0.733. The van der Waals surface area contributed by atoms with Gasteiger partial charge in [0.15, 0.2) is 5.96 Å². The van der Waals surface area contributed by atoms with Crippen LogP contribution in [-0.4, -0.2) is 64.7 Å². The summed E-state index contributed by atoms with van der Waals surface area (Å²) in [6.07, 6.45) is -0.609. The number of aliphatic hydroxyl groups excluding tert-OH is 1. The summed E-state index contributed by atoms with van der Waals surface area (Å²) >= 11 is 0. The Bertz CT molecular complexity index is 511. The van der Waals surface area contributed by atoms with E-state index in [1.165, 1.54) is 6.92 Å². The van der Waals surface area contributed by atoms with Crippen molar-refractivity contribution in [1.29, 1.82) is 5.41 Å². The van der Waals surface area contributed by atoms with Crippen molar-refractivity contribution in [3.8, 4) is 0 Å². The molecule has 0 fully saturated rings. The largest absolute Gasteiger partial charge is 0.480 e. The number of amides is 2. The topological polar surface area (TPSA) is 204 Å². The van der Waals surface area contributed by atoms with Crippen LogP contribution in [0.2, 0.25) is 0 Å². The Morgan fingerprint density at radius 1 is 1.12 bits per heavy atom. The molecular formula is C15H30N6O5. The third kappa shape index (κ3) is 8.62. The SMILES string of the molecule is CC(C)[C@H](NC(=O)[C@@H](N)[C@@H](C)O)C(=O)N[C@@H](CCCNC(=N)N)C(=O)O. The van der Waals surface area contributed by atoms with Crippen LogP contribution >= 0.6 is 0 Å². The second-order valence-electron chi connectivity index (χ2n) is 6.38. The predicted octanol–water partition coefficient (Wildman–Crippen LogP) is -2.33. The highest BCUT2D eigenvalue weighted by Gasteiger charge is 2.30. The number of carboxylic acid groups (broad SMARTS) is 1. The lowest BCUT2D eigenvalue weighted by atomic mass is 10.0. The minimum Gasteiger partial charge on any atom is -0.480 e. The van der Waals surface area contributed by atoms with E-state index in [1.807, 2.05) is 0 Å². The molecule has 10 N–H and O–H groups in total. The van der Waals surface area contributed by atoms with Gasteiger partial charge in [0, 0.05) is 6.54 Å². The van der Waals surface area contributed by atoms with Gasteiger partial charge in [-0.1, -0.05) is 13.8 Å². The van der Waals surface area contributed by atoms with Gasteiger partial charge in [-0.25, -0.2) is 4.79 Å². The van der Waals surface area contributed by atoms with E-state index in [1.54, 1.807) is 13.8 Å². The van der Waals surface area contributed by atoms with Crippen molar-refractivity contribution in [2.24, 2.45) is 17.4 Å². The molecule has 0 saturated heterocycles. The van der Waals surface area contributed by atoms with Gasteiger partial charge in [0.05, 0.1) is 6.10 Å². The van der Waals surface area contributed by atoms with E-state index in [0.29, 0.717) is 13.0 Å². The van der Waals surface area contributed by atoms with Crippen molar-refractivity contribution < 1.29 is 24.6 Å². The van der Waals surface area contributed by atoms with E-state index in [9.17, 15) is 24.6 Å². The lowest BCUT2D eigenvalue weighted by molar-refractivity contribution is -0.142. The van der Waals surface area contributed by atoms with Gasteiger partial charge in [0.25, 0.3) is 0 Å². The number of nitrogens with two attached hydrogens (primary N) is 2. The van der Waals surface area contributed by atoms with Gasteiger partial charge < -0.3 is 37.6 Å². The quantitative estimate of drug-likeness (QED) is 0.112. The smallest absolute Gasteiger partial charge is 0.326 e. The Hall–Kier alpha value is -2.40. The lowest BCUT2D eigenvalue weighted by Crippen LogP contribution is -2.57. The van der Waals surface area contributed by atoms with E-state index < -0.39 is 42.0 Å². The predicted molar refractivity (Wildman–Crippen MR) is 95.1 cm³/mol. The molecule has 0 rings (SSSR count). The van der Waals surface area contributed by atoms with E-state index in [0.717, 1.165) is 0 Å². The molecule has 150 valence electrons. The van der Waals surface area contributed by atoms with Crippen molar-refractivity contribution in [2.75, 3.05) is 6.54 Å². The van der Waals surface area contributed by atoms with Gasteiger partial charge in [-0.2, -0.15) is 0 Å². The average molecular weight is 374 g/mol. The first-order valence-corrected chi connectivity index (χ1v) is 8.32. The summed E-state index contributed by atoms with van der Waals surface area (Å²) in [6.45, 7) is 5.02. The molecule has 0 saturated carbocycles. The standard InChI is InChI=1S/C15H30N6O5/c1-7(2)11(21-12(23)10(16)8(3)22)13(24)20-9(14(25)26)5-4-6-19-15(17)18/h7-11,22H,4-6,16H2,1-3H3,(H,20,24)(H,21,23)(H,25,26)(H4,17,18,19)/t8-,9+,10+,11+/m1/s1. The minimum atomic E-state index is -1.21. The maximum absolute atomic E-state index is 12.4. The number of nitrogens with one attached hydrogen (secondary N) is 4. The Labute approximate surface area is 152 Å². The Morgan fingerprint density at radius 3 is 2.12 bits per heavy atom. The molecule has 0 radical (unpaired) electrons. The maximum atomic E-state index is 12.4. The number of aliphatic carboxylic acids is 1. The molecule has 0 aromatic carbocycles. The summed E-state index contributed by atoms with van der Waals surface area (Å²) in [7, 11) is 0. The van der Waals surface area contributed by atoms with Crippen LogP contribution in [0.3, 0.4) is 0 Å². The van der Waals surface area contributed by atoms with Crippen LogP contribution in [0.25, 0.3) is 0 Å². The van der Waals surface area contributed by atoms with Crippen molar-refractivity contribution >= 4 is 23.7 Å². The Morgan fingerprint density at radius 2 is 1.69 bits per heavy atom. The Balaban J connectivity index is 4.85. The third-order valence-corrected chi connectivity index (χ3v) is 3.67. The summed E-state index contributed by atoms with van der Waals surface area (Å²) in [5.41, 5.74) is 10.7. The van der Waals surface area contributed by atoms with Crippen LogP contribution in [-0.2, 0) is 14.4 Å². The summed E-state index contributed by atoms with van der Waals surface area (Å²) < 4.78 is 0. The van der Waals surface area contributed by atoms with E-state index in [4.69, 9.17) is 16.9 Å². The number of hydrogen-bond acceptors (Lipinski definition) is 6. The molecule has 11 nitrogen and oxygen atoms in total. The summed E-state index contributed by atoms with van der Waals surface area (Å²) in [6, 6.07) is -3.35. The molecule has 0 spiro atoms. The van der Waals surface area contributed by atoms with Crippen molar-refractivity contribution in [1.82, 2.24) is 16.0 Å². The van der Waals surface area contributed by atoms with E-state index in [-0.39, 0.29) is 18.3 Å². The molecule has 2 amide bonds. The zero-order valence-corrected chi connectivity index (χ0v) is 15.3. The number of carbonyl (C=O) groups is 3. The first-order valence-electron chi connectivity index (χ1n) is 8.32. The van der Waals surface area contributed by atoms with Crippen molar-refractivity contribution in [3.63, 3.8) is 0 Å². The number of carbonyl (C=O) groups excluding carboxylic acids is 2. The highest BCUT2D eigenvalue weighted by atomic mass is 16.4. The average Bonchev–Trinajstić information content (AvgIpc) is 2.53. The third-order valence-electron chi connectivity index (χ3n) is 3.67. The first-order chi connectivity index (χ1) is 12.0. The van der Waals surface area contributed by atoms with E-state index in [2.05, 4.69) is 16.0 Å². The van der Waals surface area contributed by atoms with E-state index >= 15 is 0 Å². The zero-order valence-electron chi connectivity index (χ0n) is 15.3. The molecule has 0 aliphatic rings. The molecule has 4 atom stereocenters. The molecule has 0 unspecified atom stereocenters. The highest BCUT2D eigenvalue weighted by molar-refractivity contribution is 5.92. The molecule has 26 heavy (non-hydrogen) atoms. The van der Waals surface area contributed by atoms with Crippen LogP contribution < -0.4 is 27.4 Å². The van der Waals surface area contributed by atoms with Gasteiger partial charge >= 0.3 is 5.97 Å². The second-order valence-corrected chi connectivity index (χ2v) is 6.38. The lowest BCUT2D eigenvalue weighted by Gasteiger charge is -2.26. The molecule has 0 aromatic rings. The van der Waals surface area contributed by atoms with Gasteiger partial charge in [0.2, 0.25) is 11.8 Å². The molecular weight excluding hydrogens is 344 g/mol. The van der Waals surface area contributed by atoms with Crippen molar-refractivity contribution in [3.05, 3.63) is 0 Å². The Kier molecular flexibility index (Phi) is 10.2. The molecule has 0 bridgehead atoms. The fourth-order valence-electron chi connectivity index (χ4n) is 2.05. The zero-order chi connectivity index (χ0) is 20.4. The molecule has 0 aromatic heterocycles. The van der Waals surface area contributed by atoms with Gasteiger partial charge in [-0.05, 0) is 25.7 Å². The highest BCUT2D eigenvalue weighted by Crippen LogP contribution is 2.05. The number of rotatable bonds is 11. The second kappa shape index (κ2) is 11.3. The van der Waals surface area contributed by atoms with Crippen LogP contribution in [0.5, 0.6) is 0 Å². The number of carboxylic acids is 1. The summed E-state index contributed by atoms with van der Waals surface area (Å²) in [5, 5.41) is 33.0. The van der Waals surface area contributed by atoms with Gasteiger partial charge in [-0.3, -0.25) is 15.0 Å². The molecule has 11 heteroatoms. The first kappa shape index (κ1) is 23.6. The minimum absolute atomic E-state index is 0.118. The monoisotopic (exact) mass is 374 g/mol. The van der Waals surface area contributed by atoms with Crippen LogP contribution in [0, 0.1) is 11.3 Å². The number of aliphatic hydroxyl groups is 1. The normalized spacial score (nSPS) is 15.5. The number of guanidine groups is 1. The molecule has 0 aliphatic heterocycles. The van der Waals surface area contributed by atoms with Crippen LogP contribution in [0.1, 0.15) is 33.6 Å². The summed E-state index contributed by atoms with van der Waals surface area (Å²) in [5.74, 6) is -3.12. The number of hydrogen-bond donors (Lipinski definition) is 8. The maximum Gasteiger partial charge on any atom is 0.326 e.